The number of ether oxygens (including phenoxy) is 1. The molecule has 7 nitrogen and oxygen atoms in total. The van der Waals surface area contributed by atoms with E-state index in [4.69, 9.17) is 27.9 Å². The van der Waals surface area contributed by atoms with Gasteiger partial charge in [0.1, 0.15) is 12.5 Å². The Bertz CT molecular complexity index is 1420. The molecule has 204 valence electrons. The summed E-state index contributed by atoms with van der Waals surface area (Å²) in [6.07, 6.45) is 3.07. The SMILES string of the molecule is CC(c1ccc(Cl)cn1)N1C(=O)c2cc(C(C)(C)O)cc(F)c2[C@]1(OCNC(=O)C1CC1)c1ccc(Cl)cc1. The summed E-state index contributed by atoms with van der Waals surface area (Å²) in [5.41, 5.74) is -2.03. The van der Waals surface area contributed by atoms with Gasteiger partial charge in [0.25, 0.3) is 5.91 Å². The molecule has 2 aliphatic rings. The average molecular weight is 572 g/mol. The number of carbonyl (C=O) groups excluding carboxylic acids is 2. The predicted molar refractivity (Wildman–Crippen MR) is 145 cm³/mol. The summed E-state index contributed by atoms with van der Waals surface area (Å²) in [7, 11) is 0. The van der Waals surface area contributed by atoms with Crippen LogP contribution >= 0.6 is 23.2 Å². The van der Waals surface area contributed by atoms with Crippen molar-refractivity contribution in [1.29, 1.82) is 0 Å². The summed E-state index contributed by atoms with van der Waals surface area (Å²) in [5.74, 6) is -1.50. The lowest BCUT2D eigenvalue weighted by Crippen LogP contribution is -2.50. The summed E-state index contributed by atoms with van der Waals surface area (Å²) < 4.78 is 22.6. The molecule has 1 saturated carbocycles. The normalized spacial score (nSPS) is 19.7. The van der Waals surface area contributed by atoms with Crippen LogP contribution in [0.3, 0.4) is 0 Å². The van der Waals surface area contributed by atoms with Crippen LogP contribution in [0.5, 0.6) is 0 Å². The van der Waals surface area contributed by atoms with Gasteiger partial charge in [-0.3, -0.25) is 19.5 Å². The molecule has 39 heavy (non-hydrogen) atoms. The van der Waals surface area contributed by atoms with Crippen molar-refractivity contribution in [2.45, 2.75) is 51.0 Å². The second-order valence-corrected chi connectivity index (χ2v) is 11.3. The third-order valence-corrected chi connectivity index (χ3v) is 7.68. The Hall–Kier alpha value is -3.04. The maximum absolute atomic E-state index is 16.2. The number of aromatic nitrogens is 1. The van der Waals surface area contributed by atoms with E-state index in [2.05, 4.69) is 10.3 Å². The molecular formula is C29H28Cl2FN3O4. The number of aliphatic hydroxyl groups is 1. The van der Waals surface area contributed by atoms with Gasteiger partial charge in [-0.2, -0.15) is 0 Å². The Morgan fingerprint density at radius 1 is 1.21 bits per heavy atom. The third-order valence-electron chi connectivity index (χ3n) is 7.20. The van der Waals surface area contributed by atoms with Crippen molar-refractivity contribution in [1.82, 2.24) is 15.2 Å². The molecule has 2 aromatic carbocycles. The molecule has 2 atom stereocenters. The van der Waals surface area contributed by atoms with E-state index in [0.717, 1.165) is 12.8 Å². The predicted octanol–water partition coefficient (Wildman–Crippen LogP) is 5.67. The molecule has 0 spiro atoms. The first kappa shape index (κ1) is 27.5. The van der Waals surface area contributed by atoms with Gasteiger partial charge in [-0.25, -0.2) is 4.39 Å². The summed E-state index contributed by atoms with van der Waals surface area (Å²) in [5, 5.41) is 14.3. The lowest BCUT2D eigenvalue weighted by atomic mass is 9.88. The zero-order chi connectivity index (χ0) is 28.1. The standard InChI is InChI=1S/C29H28Cl2FN3O4/c1-16(24-11-10-21(31)14-33-24)35-27(37)22-12-19(28(2,3)38)13-23(32)25(22)29(35,18-6-8-20(30)9-7-18)39-15-34-26(36)17-4-5-17/h6-14,16-17,38H,4-5,15H2,1-3H3,(H,34,36)/t16?,29-/m1/s1. The van der Waals surface area contributed by atoms with Crippen molar-refractivity contribution in [2.24, 2.45) is 5.92 Å². The molecule has 0 bridgehead atoms. The van der Waals surface area contributed by atoms with Gasteiger partial charge >= 0.3 is 0 Å². The van der Waals surface area contributed by atoms with Gasteiger partial charge in [-0.15, -0.1) is 0 Å². The minimum Gasteiger partial charge on any atom is -0.386 e. The molecule has 2 amide bonds. The Labute approximate surface area is 235 Å². The Morgan fingerprint density at radius 2 is 1.87 bits per heavy atom. The molecule has 1 unspecified atom stereocenters. The number of fused-ring (bicyclic) bond motifs is 1. The van der Waals surface area contributed by atoms with Crippen molar-refractivity contribution in [2.75, 3.05) is 6.73 Å². The molecule has 1 aliphatic carbocycles. The topological polar surface area (TPSA) is 91.8 Å². The van der Waals surface area contributed by atoms with Gasteiger partial charge in [0.15, 0.2) is 0 Å². The Balaban J connectivity index is 1.72. The van der Waals surface area contributed by atoms with Crippen molar-refractivity contribution in [3.05, 3.63) is 98.5 Å². The van der Waals surface area contributed by atoms with E-state index in [0.29, 0.717) is 21.3 Å². The van der Waals surface area contributed by atoms with Crippen LogP contribution in [-0.4, -0.2) is 33.5 Å². The summed E-state index contributed by atoms with van der Waals surface area (Å²) >= 11 is 12.2. The molecule has 1 aliphatic heterocycles. The van der Waals surface area contributed by atoms with Gasteiger partial charge in [0.05, 0.1) is 33.5 Å². The van der Waals surface area contributed by atoms with Crippen molar-refractivity contribution in [3.8, 4) is 0 Å². The number of pyridine rings is 1. The highest BCUT2D eigenvalue weighted by Gasteiger charge is 2.56. The monoisotopic (exact) mass is 571 g/mol. The minimum absolute atomic E-state index is 0.0238. The maximum atomic E-state index is 16.2. The zero-order valence-corrected chi connectivity index (χ0v) is 23.2. The van der Waals surface area contributed by atoms with Gasteiger partial charge < -0.3 is 15.2 Å². The molecule has 1 fully saturated rings. The van der Waals surface area contributed by atoms with E-state index in [1.54, 1.807) is 43.3 Å². The third kappa shape index (κ3) is 5.02. The molecule has 0 saturated heterocycles. The van der Waals surface area contributed by atoms with Crippen LogP contribution in [0.4, 0.5) is 4.39 Å². The van der Waals surface area contributed by atoms with Crippen LogP contribution in [0.2, 0.25) is 10.0 Å². The lowest BCUT2D eigenvalue weighted by molar-refractivity contribution is -0.141. The van der Waals surface area contributed by atoms with E-state index >= 15 is 4.39 Å². The average Bonchev–Trinajstić information content (AvgIpc) is 3.70. The van der Waals surface area contributed by atoms with E-state index in [9.17, 15) is 14.7 Å². The highest BCUT2D eigenvalue weighted by molar-refractivity contribution is 6.30. The lowest BCUT2D eigenvalue weighted by Gasteiger charge is -2.42. The summed E-state index contributed by atoms with van der Waals surface area (Å²) in [6.45, 7) is 4.50. The smallest absolute Gasteiger partial charge is 0.257 e. The maximum Gasteiger partial charge on any atom is 0.257 e. The number of halogens is 3. The fourth-order valence-corrected chi connectivity index (χ4v) is 5.21. The molecule has 5 rings (SSSR count). The highest BCUT2D eigenvalue weighted by atomic mass is 35.5. The van der Waals surface area contributed by atoms with E-state index < -0.39 is 29.1 Å². The first-order chi connectivity index (χ1) is 18.4. The highest BCUT2D eigenvalue weighted by Crippen LogP contribution is 2.51. The van der Waals surface area contributed by atoms with Crippen molar-refractivity contribution < 1.29 is 23.8 Å². The van der Waals surface area contributed by atoms with Gasteiger partial charge in [-0.05, 0) is 75.6 Å². The second-order valence-electron chi connectivity index (χ2n) is 10.4. The first-order valence-corrected chi connectivity index (χ1v) is 13.4. The number of carbonyl (C=O) groups is 2. The molecule has 0 radical (unpaired) electrons. The Morgan fingerprint density at radius 3 is 2.46 bits per heavy atom. The van der Waals surface area contributed by atoms with Crippen LogP contribution in [0.15, 0.2) is 54.7 Å². The minimum atomic E-state index is -1.79. The zero-order valence-electron chi connectivity index (χ0n) is 21.7. The van der Waals surface area contributed by atoms with E-state index in [1.807, 2.05) is 0 Å². The van der Waals surface area contributed by atoms with Crippen LogP contribution in [0.25, 0.3) is 0 Å². The van der Waals surface area contributed by atoms with Gasteiger partial charge in [0, 0.05) is 22.7 Å². The summed E-state index contributed by atoms with van der Waals surface area (Å²) in [6, 6.07) is 11.9. The number of hydrogen-bond acceptors (Lipinski definition) is 5. The van der Waals surface area contributed by atoms with Gasteiger partial charge in [-0.1, -0.05) is 35.3 Å². The molecule has 10 heteroatoms. The quantitative estimate of drug-likeness (QED) is 0.340. The first-order valence-electron chi connectivity index (χ1n) is 12.6. The summed E-state index contributed by atoms with van der Waals surface area (Å²) in [4.78, 5) is 32.5. The fourth-order valence-electron chi connectivity index (χ4n) is 4.97. The van der Waals surface area contributed by atoms with Crippen LogP contribution in [-0.2, 0) is 20.9 Å². The van der Waals surface area contributed by atoms with Crippen molar-refractivity contribution in [3.63, 3.8) is 0 Å². The van der Waals surface area contributed by atoms with Gasteiger partial charge in [0.2, 0.25) is 11.6 Å². The molecular weight excluding hydrogens is 544 g/mol. The fraction of sp³-hybridized carbons (Fsp3) is 0.345. The Kier molecular flexibility index (Phi) is 7.18. The largest absolute Gasteiger partial charge is 0.386 e. The molecule has 2 heterocycles. The van der Waals surface area contributed by atoms with Crippen molar-refractivity contribution >= 4 is 35.0 Å². The number of hydrogen-bond donors (Lipinski definition) is 2. The number of nitrogens with one attached hydrogen (secondary N) is 1. The second kappa shape index (κ2) is 10.2. The molecule has 2 N–H and O–H groups in total. The number of rotatable bonds is 8. The number of benzene rings is 2. The molecule has 3 aromatic rings. The van der Waals surface area contributed by atoms with Crippen LogP contribution in [0.1, 0.15) is 72.4 Å². The van der Waals surface area contributed by atoms with Crippen LogP contribution in [0, 0.1) is 11.7 Å². The van der Waals surface area contributed by atoms with Crippen LogP contribution < -0.4 is 5.32 Å². The number of amides is 2. The molecule has 1 aromatic heterocycles. The number of nitrogens with zero attached hydrogens (tertiary/aromatic N) is 2. The van der Waals surface area contributed by atoms with E-state index in [1.165, 1.54) is 37.1 Å². The van der Waals surface area contributed by atoms with E-state index in [-0.39, 0.29) is 35.2 Å².